The first kappa shape index (κ1) is 20.6. The van der Waals surface area contributed by atoms with E-state index in [9.17, 15) is 4.79 Å². The van der Waals surface area contributed by atoms with Crippen molar-refractivity contribution < 1.29 is 14.3 Å². The lowest BCUT2D eigenvalue weighted by atomic mass is 9.93. The van der Waals surface area contributed by atoms with Gasteiger partial charge < -0.3 is 9.47 Å². The van der Waals surface area contributed by atoms with Crippen LogP contribution in [0.25, 0.3) is 22.3 Å². The van der Waals surface area contributed by atoms with Crippen LogP contribution in [0.1, 0.15) is 15.9 Å². The minimum absolute atomic E-state index is 0.215. The van der Waals surface area contributed by atoms with E-state index < -0.39 is 0 Å². The third-order valence-corrected chi connectivity index (χ3v) is 5.00. The van der Waals surface area contributed by atoms with Crippen LogP contribution in [0.15, 0.2) is 109 Å². The lowest BCUT2D eigenvalue weighted by Gasteiger charge is -2.13. The first-order valence-electron chi connectivity index (χ1n) is 10.3. The molecular formula is C28H24O3. The van der Waals surface area contributed by atoms with E-state index >= 15 is 0 Å². The Hall–Kier alpha value is -3.69. The number of carbonyl (C=O) groups is 1. The van der Waals surface area contributed by atoms with Crippen molar-refractivity contribution >= 4 is 5.97 Å². The van der Waals surface area contributed by atoms with Crippen LogP contribution in [0, 0.1) is 0 Å². The first-order valence-corrected chi connectivity index (χ1v) is 10.3. The van der Waals surface area contributed by atoms with Gasteiger partial charge in [-0.25, -0.2) is 4.79 Å². The Bertz CT molecular complexity index is 1110. The number of hydrogen-bond acceptors (Lipinski definition) is 3. The number of rotatable bonds is 8. The first-order chi connectivity index (χ1) is 15.3. The van der Waals surface area contributed by atoms with E-state index in [1.807, 2.05) is 97.1 Å². The molecule has 0 aliphatic heterocycles. The predicted octanol–water partition coefficient (Wildman–Crippen LogP) is 6.39. The quantitative estimate of drug-likeness (QED) is 0.250. The molecule has 0 spiro atoms. The van der Waals surface area contributed by atoms with Crippen molar-refractivity contribution in [1.82, 2.24) is 0 Å². The highest BCUT2D eigenvalue weighted by Crippen LogP contribution is 2.33. The maximum atomic E-state index is 12.6. The molecule has 154 valence electrons. The monoisotopic (exact) mass is 408 g/mol. The molecule has 4 rings (SSSR count). The number of hydrogen-bond donors (Lipinski definition) is 0. The fourth-order valence-electron chi connectivity index (χ4n) is 3.44. The second-order valence-electron chi connectivity index (χ2n) is 7.17. The Kier molecular flexibility index (Phi) is 6.89. The molecule has 0 unspecified atom stereocenters. The Labute approximate surface area is 182 Å². The lowest BCUT2D eigenvalue weighted by molar-refractivity contribution is 0.0288. The van der Waals surface area contributed by atoms with Gasteiger partial charge in [0.2, 0.25) is 0 Å². The van der Waals surface area contributed by atoms with Crippen molar-refractivity contribution in [2.24, 2.45) is 0 Å². The molecule has 0 aliphatic rings. The van der Waals surface area contributed by atoms with E-state index in [0.29, 0.717) is 18.8 Å². The summed E-state index contributed by atoms with van der Waals surface area (Å²) >= 11 is 0. The van der Waals surface area contributed by atoms with Crippen LogP contribution in [-0.4, -0.2) is 19.2 Å². The molecule has 0 saturated heterocycles. The highest BCUT2D eigenvalue weighted by Gasteiger charge is 2.13. The average molecular weight is 408 g/mol. The second kappa shape index (κ2) is 10.4. The number of esters is 1. The number of benzene rings is 4. The minimum atomic E-state index is -0.347. The zero-order chi connectivity index (χ0) is 21.3. The zero-order valence-corrected chi connectivity index (χ0v) is 17.2. The fourth-order valence-corrected chi connectivity index (χ4v) is 3.44. The largest absolute Gasteiger partial charge is 0.460 e. The normalized spacial score (nSPS) is 10.6. The van der Waals surface area contributed by atoms with Crippen LogP contribution in [0.5, 0.6) is 0 Å². The van der Waals surface area contributed by atoms with Gasteiger partial charge in [-0.3, -0.25) is 0 Å². The summed E-state index contributed by atoms with van der Waals surface area (Å²) in [6.07, 6.45) is 0. The van der Waals surface area contributed by atoms with E-state index in [2.05, 4.69) is 12.1 Å². The van der Waals surface area contributed by atoms with Gasteiger partial charge in [0.15, 0.2) is 0 Å². The molecule has 0 radical (unpaired) electrons. The van der Waals surface area contributed by atoms with Gasteiger partial charge in [-0.05, 0) is 39.9 Å². The summed E-state index contributed by atoms with van der Waals surface area (Å²) in [6.45, 7) is 1.07. The summed E-state index contributed by atoms with van der Waals surface area (Å²) in [4.78, 5) is 12.6. The third kappa shape index (κ3) is 5.47. The smallest absolute Gasteiger partial charge is 0.338 e. The topological polar surface area (TPSA) is 35.5 Å². The standard InChI is InChI=1S/C28H24O3/c29-28(31-19-18-30-21-22-10-4-1-5-11-22)25-16-17-26(23-12-6-2-7-13-23)27(20-25)24-14-8-3-9-15-24/h1-17,20H,18-19,21H2. The van der Waals surface area contributed by atoms with E-state index in [-0.39, 0.29) is 12.6 Å². The molecule has 3 heteroatoms. The molecule has 0 amide bonds. The van der Waals surface area contributed by atoms with Crippen LogP contribution >= 0.6 is 0 Å². The molecule has 4 aromatic carbocycles. The van der Waals surface area contributed by atoms with Gasteiger partial charge in [-0.2, -0.15) is 0 Å². The molecule has 0 N–H and O–H groups in total. The van der Waals surface area contributed by atoms with E-state index in [0.717, 1.165) is 27.8 Å². The van der Waals surface area contributed by atoms with Crippen molar-refractivity contribution in [3.05, 3.63) is 120 Å². The predicted molar refractivity (Wildman–Crippen MR) is 124 cm³/mol. The molecule has 0 bridgehead atoms. The molecule has 0 saturated carbocycles. The van der Waals surface area contributed by atoms with Gasteiger partial charge in [0, 0.05) is 0 Å². The van der Waals surface area contributed by atoms with Crippen molar-refractivity contribution in [3.8, 4) is 22.3 Å². The molecule has 31 heavy (non-hydrogen) atoms. The molecule has 0 aliphatic carbocycles. The van der Waals surface area contributed by atoms with Gasteiger partial charge in [0.1, 0.15) is 6.61 Å². The molecule has 0 heterocycles. The maximum Gasteiger partial charge on any atom is 0.338 e. The molecular weight excluding hydrogens is 384 g/mol. The van der Waals surface area contributed by atoms with Crippen molar-refractivity contribution in [1.29, 1.82) is 0 Å². The zero-order valence-electron chi connectivity index (χ0n) is 17.2. The van der Waals surface area contributed by atoms with Gasteiger partial charge in [0.25, 0.3) is 0 Å². The lowest BCUT2D eigenvalue weighted by Crippen LogP contribution is -2.11. The second-order valence-corrected chi connectivity index (χ2v) is 7.17. The van der Waals surface area contributed by atoms with Crippen LogP contribution in [-0.2, 0) is 16.1 Å². The van der Waals surface area contributed by atoms with Gasteiger partial charge >= 0.3 is 5.97 Å². The highest BCUT2D eigenvalue weighted by atomic mass is 16.6. The molecule has 0 aromatic heterocycles. The van der Waals surface area contributed by atoms with Crippen LogP contribution < -0.4 is 0 Å². The summed E-state index contributed by atoms with van der Waals surface area (Å²) in [5.41, 5.74) is 5.87. The van der Waals surface area contributed by atoms with E-state index in [4.69, 9.17) is 9.47 Å². The summed E-state index contributed by atoms with van der Waals surface area (Å²) in [5, 5.41) is 0. The fraction of sp³-hybridized carbons (Fsp3) is 0.107. The third-order valence-electron chi connectivity index (χ3n) is 5.00. The number of ether oxygens (including phenoxy) is 2. The Balaban J connectivity index is 1.45. The summed E-state index contributed by atoms with van der Waals surface area (Å²) in [5.74, 6) is -0.347. The van der Waals surface area contributed by atoms with Crippen molar-refractivity contribution in [2.45, 2.75) is 6.61 Å². The van der Waals surface area contributed by atoms with Crippen LogP contribution in [0.2, 0.25) is 0 Å². The summed E-state index contributed by atoms with van der Waals surface area (Å²) < 4.78 is 11.0. The van der Waals surface area contributed by atoms with Crippen molar-refractivity contribution in [2.75, 3.05) is 13.2 Å². The van der Waals surface area contributed by atoms with Crippen molar-refractivity contribution in [3.63, 3.8) is 0 Å². The number of carbonyl (C=O) groups excluding carboxylic acids is 1. The maximum absolute atomic E-state index is 12.6. The highest BCUT2D eigenvalue weighted by molar-refractivity contribution is 5.94. The van der Waals surface area contributed by atoms with Gasteiger partial charge in [-0.1, -0.05) is 97.1 Å². The molecule has 0 atom stereocenters. The Morgan fingerprint density at radius 1 is 0.613 bits per heavy atom. The summed E-state index contributed by atoms with van der Waals surface area (Å²) in [6, 6.07) is 35.9. The molecule has 4 aromatic rings. The van der Waals surface area contributed by atoms with Gasteiger partial charge in [0.05, 0.1) is 18.8 Å². The Morgan fingerprint density at radius 3 is 1.84 bits per heavy atom. The van der Waals surface area contributed by atoms with E-state index in [1.165, 1.54) is 0 Å². The summed E-state index contributed by atoms with van der Waals surface area (Å²) in [7, 11) is 0. The van der Waals surface area contributed by atoms with E-state index in [1.54, 1.807) is 0 Å². The van der Waals surface area contributed by atoms with Crippen LogP contribution in [0.3, 0.4) is 0 Å². The van der Waals surface area contributed by atoms with Gasteiger partial charge in [-0.15, -0.1) is 0 Å². The SMILES string of the molecule is O=C(OCCOCc1ccccc1)c1ccc(-c2ccccc2)c(-c2ccccc2)c1. The molecule has 3 nitrogen and oxygen atoms in total. The van der Waals surface area contributed by atoms with Crippen LogP contribution in [0.4, 0.5) is 0 Å². The average Bonchev–Trinajstić information content (AvgIpc) is 2.85. The minimum Gasteiger partial charge on any atom is -0.460 e. The molecule has 0 fully saturated rings. The Morgan fingerprint density at radius 2 is 1.19 bits per heavy atom.